The highest BCUT2D eigenvalue weighted by Crippen LogP contribution is 2.04. The Hall–Kier alpha value is -1.78. The Labute approximate surface area is 102 Å². The van der Waals surface area contributed by atoms with Gasteiger partial charge in [0.15, 0.2) is 0 Å². The summed E-state index contributed by atoms with van der Waals surface area (Å²) in [4.78, 5) is 8.29. The Morgan fingerprint density at radius 1 is 1.24 bits per heavy atom. The maximum absolute atomic E-state index is 4.27. The second-order valence-corrected chi connectivity index (χ2v) is 3.97. The van der Waals surface area contributed by atoms with Gasteiger partial charge < -0.3 is 14.5 Å². The second kappa shape index (κ2) is 6.08. The van der Waals surface area contributed by atoms with Gasteiger partial charge in [0.05, 0.1) is 6.33 Å². The molecular formula is C12H19N5. The van der Waals surface area contributed by atoms with Gasteiger partial charge in [-0.2, -0.15) is 0 Å². The molecule has 0 saturated heterocycles. The van der Waals surface area contributed by atoms with Crippen LogP contribution in [0.1, 0.15) is 19.8 Å². The lowest BCUT2D eigenvalue weighted by molar-refractivity contribution is 0.618. The molecule has 0 saturated carbocycles. The molecule has 2 heterocycles. The Bertz CT molecular complexity index is 418. The number of unbranched alkanes of at least 4 members (excludes halogenated alkanes) is 1. The number of rotatable bonds is 7. The largest absolute Gasteiger partial charge is 0.356 e. The first-order valence-corrected chi connectivity index (χ1v) is 6.11. The van der Waals surface area contributed by atoms with Gasteiger partial charge in [0.25, 0.3) is 0 Å². The van der Waals surface area contributed by atoms with Crippen LogP contribution in [0, 0.1) is 0 Å². The monoisotopic (exact) mass is 233 g/mol. The fourth-order valence-corrected chi connectivity index (χ4v) is 1.77. The van der Waals surface area contributed by atoms with Gasteiger partial charge >= 0.3 is 0 Å². The maximum atomic E-state index is 4.27. The van der Waals surface area contributed by atoms with Crippen molar-refractivity contribution < 1.29 is 0 Å². The Morgan fingerprint density at radius 3 is 2.94 bits per heavy atom. The first-order chi connectivity index (χ1) is 8.40. The highest BCUT2D eigenvalue weighted by molar-refractivity contribution is 5.25. The SMILES string of the molecule is CCn1ccnc1NCCCCn1ccnc1. The summed E-state index contributed by atoms with van der Waals surface area (Å²) in [6, 6.07) is 0. The molecule has 0 aliphatic rings. The molecule has 0 atom stereocenters. The van der Waals surface area contributed by atoms with Gasteiger partial charge in [-0.15, -0.1) is 0 Å². The molecule has 92 valence electrons. The van der Waals surface area contributed by atoms with Gasteiger partial charge in [0, 0.05) is 44.4 Å². The number of hydrogen-bond acceptors (Lipinski definition) is 3. The molecule has 2 aromatic heterocycles. The Balaban J connectivity index is 1.63. The number of aryl methyl sites for hydroxylation is 2. The summed E-state index contributed by atoms with van der Waals surface area (Å²) >= 11 is 0. The Morgan fingerprint density at radius 2 is 2.18 bits per heavy atom. The van der Waals surface area contributed by atoms with Gasteiger partial charge in [-0.05, 0) is 19.8 Å². The van der Waals surface area contributed by atoms with E-state index in [1.54, 1.807) is 0 Å². The molecule has 1 N–H and O–H groups in total. The molecule has 0 radical (unpaired) electrons. The summed E-state index contributed by atoms with van der Waals surface area (Å²) in [5.74, 6) is 0.968. The molecule has 0 spiro atoms. The molecule has 0 unspecified atom stereocenters. The lowest BCUT2D eigenvalue weighted by Gasteiger charge is -2.07. The molecule has 5 heteroatoms. The summed E-state index contributed by atoms with van der Waals surface area (Å²) in [6.07, 6.45) is 11.8. The van der Waals surface area contributed by atoms with Crippen molar-refractivity contribution in [2.24, 2.45) is 0 Å². The van der Waals surface area contributed by atoms with Crippen LogP contribution in [0.25, 0.3) is 0 Å². The van der Waals surface area contributed by atoms with Crippen LogP contribution in [0.5, 0.6) is 0 Å². The van der Waals surface area contributed by atoms with Crippen molar-refractivity contribution in [3.8, 4) is 0 Å². The molecule has 5 nitrogen and oxygen atoms in total. The number of aromatic nitrogens is 4. The summed E-state index contributed by atoms with van der Waals surface area (Å²) in [5, 5.41) is 3.35. The molecule has 0 aromatic carbocycles. The fourth-order valence-electron chi connectivity index (χ4n) is 1.77. The van der Waals surface area contributed by atoms with E-state index >= 15 is 0 Å². The van der Waals surface area contributed by atoms with Crippen LogP contribution >= 0.6 is 0 Å². The summed E-state index contributed by atoms with van der Waals surface area (Å²) in [7, 11) is 0. The summed E-state index contributed by atoms with van der Waals surface area (Å²) < 4.78 is 4.21. The quantitative estimate of drug-likeness (QED) is 0.744. The van der Waals surface area contributed by atoms with Gasteiger partial charge in [-0.25, -0.2) is 9.97 Å². The van der Waals surface area contributed by atoms with E-state index in [-0.39, 0.29) is 0 Å². The predicted octanol–water partition coefficient (Wildman–Crippen LogP) is 1.99. The summed E-state index contributed by atoms with van der Waals surface area (Å²) in [6.45, 7) is 5.07. The van der Waals surface area contributed by atoms with Crippen molar-refractivity contribution in [2.75, 3.05) is 11.9 Å². The highest BCUT2D eigenvalue weighted by Gasteiger charge is 1.98. The lowest BCUT2D eigenvalue weighted by atomic mass is 10.3. The van der Waals surface area contributed by atoms with Gasteiger partial charge in [-0.1, -0.05) is 0 Å². The minimum absolute atomic E-state index is 0.956. The summed E-state index contributed by atoms with van der Waals surface area (Å²) in [5.41, 5.74) is 0. The van der Waals surface area contributed by atoms with Crippen molar-refractivity contribution in [1.82, 2.24) is 19.1 Å². The van der Waals surface area contributed by atoms with Gasteiger partial charge in [0.1, 0.15) is 0 Å². The topological polar surface area (TPSA) is 47.7 Å². The molecule has 0 aliphatic carbocycles. The standard InChI is InChI=1S/C12H19N5/c1-2-17-10-7-15-12(17)14-5-3-4-8-16-9-6-13-11-16/h6-7,9-11H,2-5,8H2,1H3,(H,14,15). The fraction of sp³-hybridized carbons (Fsp3) is 0.500. The van der Waals surface area contributed by atoms with Crippen molar-refractivity contribution in [1.29, 1.82) is 0 Å². The average Bonchev–Trinajstić information content (AvgIpc) is 2.98. The van der Waals surface area contributed by atoms with Crippen molar-refractivity contribution >= 4 is 5.95 Å². The van der Waals surface area contributed by atoms with Crippen LogP contribution in [-0.4, -0.2) is 25.6 Å². The molecule has 2 aromatic rings. The zero-order valence-electron chi connectivity index (χ0n) is 10.2. The van der Waals surface area contributed by atoms with Crippen LogP contribution in [-0.2, 0) is 13.1 Å². The maximum Gasteiger partial charge on any atom is 0.202 e. The van der Waals surface area contributed by atoms with Crippen molar-refractivity contribution in [3.05, 3.63) is 31.1 Å². The molecular weight excluding hydrogens is 214 g/mol. The minimum Gasteiger partial charge on any atom is -0.356 e. The Kier molecular flexibility index (Phi) is 4.18. The zero-order chi connectivity index (χ0) is 11.9. The van der Waals surface area contributed by atoms with Crippen LogP contribution in [0.4, 0.5) is 5.95 Å². The van der Waals surface area contributed by atoms with E-state index in [1.165, 1.54) is 0 Å². The number of nitrogens with one attached hydrogen (secondary N) is 1. The van der Waals surface area contributed by atoms with E-state index in [1.807, 2.05) is 31.1 Å². The lowest BCUT2D eigenvalue weighted by Crippen LogP contribution is -2.08. The molecule has 0 amide bonds. The molecule has 0 aliphatic heterocycles. The molecule has 0 fully saturated rings. The van der Waals surface area contributed by atoms with Crippen molar-refractivity contribution in [2.45, 2.75) is 32.9 Å². The van der Waals surface area contributed by atoms with E-state index < -0.39 is 0 Å². The van der Waals surface area contributed by atoms with Gasteiger partial charge in [-0.3, -0.25) is 0 Å². The van der Waals surface area contributed by atoms with E-state index in [9.17, 15) is 0 Å². The first kappa shape index (κ1) is 11.7. The van der Waals surface area contributed by atoms with E-state index in [0.29, 0.717) is 0 Å². The third kappa shape index (κ3) is 3.34. The van der Waals surface area contributed by atoms with E-state index in [4.69, 9.17) is 0 Å². The average molecular weight is 233 g/mol. The number of nitrogens with zero attached hydrogens (tertiary/aromatic N) is 4. The van der Waals surface area contributed by atoms with Crippen molar-refractivity contribution in [3.63, 3.8) is 0 Å². The third-order valence-electron chi connectivity index (χ3n) is 2.74. The number of hydrogen-bond donors (Lipinski definition) is 1. The van der Waals surface area contributed by atoms with Gasteiger partial charge in [0.2, 0.25) is 5.95 Å². The molecule has 0 bridgehead atoms. The molecule has 17 heavy (non-hydrogen) atoms. The number of imidazole rings is 2. The van der Waals surface area contributed by atoms with Crippen LogP contribution < -0.4 is 5.32 Å². The van der Waals surface area contributed by atoms with Crippen LogP contribution in [0.3, 0.4) is 0 Å². The minimum atomic E-state index is 0.956. The zero-order valence-corrected chi connectivity index (χ0v) is 10.2. The third-order valence-corrected chi connectivity index (χ3v) is 2.74. The normalized spacial score (nSPS) is 10.6. The number of anilines is 1. The highest BCUT2D eigenvalue weighted by atomic mass is 15.2. The smallest absolute Gasteiger partial charge is 0.202 e. The van der Waals surface area contributed by atoms with E-state index in [0.717, 1.165) is 38.4 Å². The van der Waals surface area contributed by atoms with Crippen LogP contribution in [0.2, 0.25) is 0 Å². The predicted molar refractivity (Wildman–Crippen MR) is 67.9 cm³/mol. The van der Waals surface area contributed by atoms with E-state index in [2.05, 4.69) is 31.3 Å². The second-order valence-electron chi connectivity index (χ2n) is 3.97. The molecule has 2 rings (SSSR count). The van der Waals surface area contributed by atoms with Crippen LogP contribution in [0.15, 0.2) is 31.1 Å². The first-order valence-electron chi connectivity index (χ1n) is 6.11.